The molecule has 2 saturated heterocycles. The molecule has 2 heterocycles. The van der Waals surface area contributed by atoms with Crippen molar-refractivity contribution >= 4 is 23.6 Å². The summed E-state index contributed by atoms with van der Waals surface area (Å²) in [5, 5.41) is 8.95. The summed E-state index contributed by atoms with van der Waals surface area (Å²) in [5.74, 6) is -1.47. The van der Waals surface area contributed by atoms with E-state index in [9.17, 15) is 23.6 Å². The zero-order valence-corrected chi connectivity index (χ0v) is 24.3. The molecule has 4 amide bonds. The molecule has 3 N–H and O–H groups in total. The highest BCUT2D eigenvalue weighted by atomic mass is 19.1. The van der Waals surface area contributed by atoms with Crippen LogP contribution in [0.5, 0.6) is 0 Å². The molecule has 0 aromatic heterocycles. The van der Waals surface area contributed by atoms with Crippen LogP contribution in [0, 0.1) is 5.82 Å². The Kier molecular flexibility index (Phi) is 9.21. The molecule has 0 spiro atoms. The number of benzene rings is 2. The minimum absolute atomic E-state index is 0.00536. The summed E-state index contributed by atoms with van der Waals surface area (Å²) in [6, 6.07) is 11.4. The summed E-state index contributed by atoms with van der Waals surface area (Å²) in [7, 11) is 1.66. The molecule has 5 atom stereocenters. The molecule has 1 aliphatic carbocycles. The number of nitrogens with one attached hydrogen (secondary N) is 3. The maximum absolute atomic E-state index is 14.1. The van der Waals surface area contributed by atoms with Gasteiger partial charge in [0.2, 0.25) is 23.6 Å². The van der Waals surface area contributed by atoms with Crippen molar-refractivity contribution in [1.29, 1.82) is 0 Å². The summed E-state index contributed by atoms with van der Waals surface area (Å²) in [5.41, 5.74) is 3.04. The van der Waals surface area contributed by atoms with Gasteiger partial charge in [-0.05, 0) is 81.3 Å². The van der Waals surface area contributed by atoms with Gasteiger partial charge in [-0.1, -0.05) is 36.4 Å². The van der Waals surface area contributed by atoms with Crippen LogP contribution in [0.3, 0.4) is 0 Å². The normalized spacial score (nSPS) is 24.6. The summed E-state index contributed by atoms with van der Waals surface area (Å²) in [6.07, 6.45) is 4.57. The minimum atomic E-state index is -1.00. The molecule has 1 unspecified atom stereocenters. The second-order valence-electron chi connectivity index (χ2n) is 11.6. The van der Waals surface area contributed by atoms with Gasteiger partial charge in [-0.2, -0.15) is 0 Å². The molecule has 2 aromatic rings. The molecule has 0 radical (unpaired) electrons. The lowest BCUT2D eigenvalue weighted by atomic mass is 9.87. The average Bonchev–Trinajstić information content (AvgIpc) is 3.42. The summed E-state index contributed by atoms with van der Waals surface area (Å²) in [6.45, 7) is 2.07. The van der Waals surface area contributed by atoms with E-state index in [2.05, 4.69) is 28.1 Å². The van der Waals surface area contributed by atoms with E-state index in [4.69, 9.17) is 0 Å². The van der Waals surface area contributed by atoms with Crippen LogP contribution in [0.15, 0.2) is 48.5 Å². The molecule has 2 fully saturated rings. The van der Waals surface area contributed by atoms with E-state index in [-0.39, 0.29) is 54.5 Å². The van der Waals surface area contributed by atoms with E-state index >= 15 is 0 Å². The fourth-order valence-electron chi connectivity index (χ4n) is 6.45. The Labute approximate surface area is 246 Å². The third-order valence-electron chi connectivity index (χ3n) is 8.94. The lowest BCUT2D eigenvalue weighted by Gasteiger charge is -2.39. The number of nitrogens with zero attached hydrogens (tertiary/aromatic N) is 2. The van der Waals surface area contributed by atoms with Crippen LogP contribution in [0.25, 0.3) is 0 Å². The van der Waals surface area contributed by atoms with Gasteiger partial charge in [0, 0.05) is 19.1 Å². The molecular weight excluding hydrogens is 537 g/mol. The Morgan fingerprint density at radius 1 is 0.976 bits per heavy atom. The Balaban J connectivity index is 1.35. The van der Waals surface area contributed by atoms with Crippen LogP contribution in [-0.2, 0) is 32.0 Å². The summed E-state index contributed by atoms with van der Waals surface area (Å²) in [4.78, 5) is 57.4. The van der Waals surface area contributed by atoms with Gasteiger partial charge in [0.1, 0.15) is 17.9 Å². The molecule has 42 heavy (non-hydrogen) atoms. The van der Waals surface area contributed by atoms with Gasteiger partial charge >= 0.3 is 0 Å². The topological polar surface area (TPSA) is 111 Å². The second kappa shape index (κ2) is 13.0. The number of fused-ring (bicyclic) bond motifs is 2. The number of carbonyl (C=O) groups is 4. The number of rotatable bonds is 7. The van der Waals surface area contributed by atoms with Crippen LogP contribution >= 0.6 is 0 Å². The van der Waals surface area contributed by atoms with Crippen molar-refractivity contribution in [2.75, 3.05) is 20.1 Å². The first-order valence-corrected chi connectivity index (χ1v) is 15.0. The minimum Gasteiger partial charge on any atom is -0.347 e. The van der Waals surface area contributed by atoms with Gasteiger partial charge in [-0.3, -0.25) is 19.2 Å². The molecule has 2 aliphatic heterocycles. The fraction of sp³-hybridized carbons (Fsp3) is 0.500. The van der Waals surface area contributed by atoms with E-state index in [1.807, 2.05) is 12.1 Å². The van der Waals surface area contributed by atoms with Crippen molar-refractivity contribution in [3.8, 4) is 0 Å². The standard InChI is InChI=1S/C32H40FN5O4/c1-20(34-2)30(40)36-27-19-37(29(39)18-21-10-12-23(33)13-11-21)17-16-24-14-15-28(38(24)32(27)42)31(41)35-26-9-5-7-22-6-3-4-8-25(22)26/h3-4,6,8,10-13,20,24,26-28,34H,5,7,9,14-19H2,1-2H3,(H,35,41)(H,36,40)/t20-,24+,26?,27-,28-/m0/s1. The fourth-order valence-corrected chi connectivity index (χ4v) is 6.45. The first kappa shape index (κ1) is 29.7. The van der Waals surface area contributed by atoms with Crippen LogP contribution in [0.1, 0.15) is 61.8 Å². The van der Waals surface area contributed by atoms with Gasteiger partial charge in [0.25, 0.3) is 0 Å². The maximum atomic E-state index is 14.1. The van der Waals surface area contributed by atoms with Crippen LogP contribution in [-0.4, -0.2) is 77.7 Å². The molecule has 0 bridgehead atoms. The van der Waals surface area contributed by atoms with Crippen molar-refractivity contribution in [3.05, 3.63) is 71.0 Å². The van der Waals surface area contributed by atoms with Gasteiger partial charge in [0.15, 0.2) is 0 Å². The van der Waals surface area contributed by atoms with Crippen LogP contribution in [0.2, 0.25) is 0 Å². The predicted molar refractivity (Wildman–Crippen MR) is 156 cm³/mol. The second-order valence-corrected chi connectivity index (χ2v) is 11.6. The molecule has 2 aromatic carbocycles. The highest BCUT2D eigenvalue weighted by Crippen LogP contribution is 2.33. The first-order chi connectivity index (χ1) is 20.2. The van der Waals surface area contributed by atoms with Gasteiger partial charge in [-0.25, -0.2) is 4.39 Å². The van der Waals surface area contributed by atoms with Gasteiger partial charge in [-0.15, -0.1) is 0 Å². The molecule has 3 aliphatic rings. The van der Waals surface area contributed by atoms with Gasteiger partial charge < -0.3 is 25.8 Å². The van der Waals surface area contributed by atoms with E-state index < -0.39 is 18.1 Å². The zero-order valence-electron chi connectivity index (χ0n) is 24.3. The van der Waals surface area contributed by atoms with E-state index in [0.29, 0.717) is 31.4 Å². The molecule has 5 rings (SSSR count). The molecule has 0 saturated carbocycles. The number of carbonyl (C=O) groups excluding carboxylic acids is 4. The van der Waals surface area contributed by atoms with Crippen LogP contribution < -0.4 is 16.0 Å². The Hall–Kier alpha value is -3.79. The number of hydrogen-bond acceptors (Lipinski definition) is 5. The van der Waals surface area contributed by atoms with E-state index in [0.717, 1.165) is 24.8 Å². The molecule has 9 nitrogen and oxygen atoms in total. The highest BCUT2D eigenvalue weighted by Gasteiger charge is 2.46. The molecule has 224 valence electrons. The largest absolute Gasteiger partial charge is 0.347 e. The Morgan fingerprint density at radius 2 is 1.74 bits per heavy atom. The van der Waals surface area contributed by atoms with Crippen molar-refractivity contribution in [1.82, 2.24) is 25.8 Å². The lowest BCUT2D eigenvalue weighted by molar-refractivity contribution is -0.147. The summed E-state index contributed by atoms with van der Waals surface area (Å²) < 4.78 is 13.4. The third kappa shape index (κ3) is 6.48. The number of halogens is 1. The average molecular weight is 578 g/mol. The highest BCUT2D eigenvalue weighted by molar-refractivity contribution is 5.94. The predicted octanol–water partition coefficient (Wildman–Crippen LogP) is 2.25. The maximum Gasteiger partial charge on any atom is 0.247 e. The number of likely N-dealkylation sites (N-methyl/N-ethyl adjacent to an activating group) is 1. The van der Waals surface area contributed by atoms with Crippen molar-refractivity contribution < 1.29 is 23.6 Å². The quantitative estimate of drug-likeness (QED) is 0.468. The number of amides is 4. The van der Waals surface area contributed by atoms with Crippen molar-refractivity contribution in [3.63, 3.8) is 0 Å². The van der Waals surface area contributed by atoms with Crippen LogP contribution in [0.4, 0.5) is 4.39 Å². The number of aryl methyl sites for hydroxylation is 1. The smallest absolute Gasteiger partial charge is 0.247 e. The SMILES string of the molecule is CN[C@@H](C)C(=O)N[C@H]1CN(C(=O)Cc2ccc(F)cc2)CC[C@H]2CC[C@@H](C(=O)NC3CCCc4ccccc43)N2C1=O. The monoisotopic (exact) mass is 577 g/mol. The lowest BCUT2D eigenvalue weighted by Crippen LogP contribution is -2.62. The zero-order chi connectivity index (χ0) is 29.8. The molecule has 10 heteroatoms. The Morgan fingerprint density at radius 3 is 2.50 bits per heavy atom. The number of hydrogen-bond donors (Lipinski definition) is 3. The van der Waals surface area contributed by atoms with E-state index in [1.165, 1.54) is 17.7 Å². The summed E-state index contributed by atoms with van der Waals surface area (Å²) >= 11 is 0. The van der Waals surface area contributed by atoms with Gasteiger partial charge in [0.05, 0.1) is 18.5 Å². The third-order valence-corrected chi connectivity index (χ3v) is 8.94. The van der Waals surface area contributed by atoms with Crippen molar-refractivity contribution in [2.24, 2.45) is 0 Å². The first-order valence-electron chi connectivity index (χ1n) is 15.0. The molecular formula is C32H40FN5O4. The van der Waals surface area contributed by atoms with E-state index in [1.54, 1.807) is 35.9 Å². The Bertz CT molecular complexity index is 1320. The van der Waals surface area contributed by atoms with Crippen molar-refractivity contribution in [2.45, 2.75) is 82.1 Å².